The van der Waals surface area contributed by atoms with Gasteiger partial charge in [-0.25, -0.2) is 4.79 Å². The number of aryl methyl sites for hydroxylation is 2. The lowest BCUT2D eigenvalue weighted by molar-refractivity contribution is -0.135. The Labute approximate surface area is 301 Å². The minimum Gasteiger partial charge on any atom is -0.507 e. The molecule has 2 aliphatic rings. The van der Waals surface area contributed by atoms with E-state index in [9.17, 15) is 19.5 Å². The first-order valence-corrected chi connectivity index (χ1v) is 17.9. The summed E-state index contributed by atoms with van der Waals surface area (Å²) in [5.41, 5.74) is 11.9. The van der Waals surface area contributed by atoms with E-state index in [1.165, 1.54) is 10.1 Å². The van der Waals surface area contributed by atoms with E-state index < -0.39 is 11.9 Å². The number of nitrogen functional groups attached to an aromatic ring is 1. The zero-order chi connectivity index (χ0) is 36.2. The highest BCUT2D eigenvalue weighted by Gasteiger charge is 2.31. The summed E-state index contributed by atoms with van der Waals surface area (Å²) in [6.07, 6.45) is 4.33. The van der Waals surface area contributed by atoms with Crippen molar-refractivity contribution in [3.05, 3.63) is 94.4 Å². The summed E-state index contributed by atoms with van der Waals surface area (Å²) < 4.78 is 9.22. The van der Waals surface area contributed by atoms with Gasteiger partial charge in [-0.3, -0.25) is 28.9 Å². The van der Waals surface area contributed by atoms with Crippen LogP contribution in [0.5, 0.6) is 11.5 Å². The van der Waals surface area contributed by atoms with Gasteiger partial charge in [-0.05, 0) is 85.7 Å². The second-order valence-electron chi connectivity index (χ2n) is 13.6. The molecule has 270 valence electrons. The molecule has 52 heavy (non-hydrogen) atoms. The molecule has 2 amide bonds. The van der Waals surface area contributed by atoms with Gasteiger partial charge in [-0.2, -0.15) is 0 Å². The molecule has 0 bridgehead atoms. The zero-order valence-corrected chi connectivity index (χ0v) is 29.3. The number of piperazine rings is 1. The molecule has 4 heterocycles. The van der Waals surface area contributed by atoms with Crippen molar-refractivity contribution in [2.45, 2.75) is 51.1 Å². The largest absolute Gasteiger partial charge is 0.507 e. The summed E-state index contributed by atoms with van der Waals surface area (Å²) in [6.45, 7) is 4.79. The Morgan fingerprint density at radius 3 is 2.52 bits per heavy atom. The molecule has 0 radical (unpaired) electrons. The lowest BCUT2D eigenvalue weighted by atomic mass is 10.0. The molecular weight excluding hydrogens is 660 g/mol. The van der Waals surface area contributed by atoms with Gasteiger partial charge in [0.1, 0.15) is 17.5 Å². The van der Waals surface area contributed by atoms with Crippen molar-refractivity contribution < 1.29 is 19.4 Å². The molecule has 2 saturated heterocycles. The lowest BCUT2D eigenvalue weighted by Crippen LogP contribution is -2.46. The van der Waals surface area contributed by atoms with Gasteiger partial charge in [0, 0.05) is 51.8 Å². The summed E-state index contributed by atoms with van der Waals surface area (Å²) in [7, 11) is 1.72. The number of aromatic hydroxyl groups is 1. The molecule has 2 aliphatic heterocycles. The third-order valence-corrected chi connectivity index (χ3v) is 10.1. The third-order valence-electron chi connectivity index (χ3n) is 10.1. The summed E-state index contributed by atoms with van der Waals surface area (Å²) in [5, 5.41) is 21.0. The number of nitrogens with one attached hydrogen (secondary N) is 1. The maximum atomic E-state index is 13.1. The van der Waals surface area contributed by atoms with Crippen LogP contribution in [0.3, 0.4) is 0 Å². The molecule has 1 unspecified atom stereocenters. The van der Waals surface area contributed by atoms with Crippen LogP contribution in [0.25, 0.3) is 22.3 Å². The highest BCUT2D eigenvalue weighted by atomic mass is 16.5. The van der Waals surface area contributed by atoms with Crippen molar-refractivity contribution >= 4 is 34.4 Å². The Morgan fingerprint density at radius 1 is 0.885 bits per heavy atom. The number of rotatable bonds is 12. The van der Waals surface area contributed by atoms with Gasteiger partial charge in [0.25, 0.3) is 0 Å². The third kappa shape index (κ3) is 7.49. The molecule has 0 saturated carbocycles. The van der Waals surface area contributed by atoms with Gasteiger partial charge in [0.2, 0.25) is 11.8 Å². The quantitative estimate of drug-likeness (QED) is 0.127. The van der Waals surface area contributed by atoms with Crippen molar-refractivity contribution in [3.8, 4) is 22.8 Å². The van der Waals surface area contributed by atoms with E-state index in [0.717, 1.165) is 80.9 Å². The van der Waals surface area contributed by atoms with Gasteiger partial charge < -0.3 is 20.5 Å². The molecule has 0 spiro atoms. The number of nitrogens with two attached hydrogens (primary N) is 1. The van der Waals surface area contributed by atoms with Crippen molar-refractivity contribution in [3.63, 3.8) is 0 Å². The fourth-order valence-corrected chi connectivity index (χ4v) is 7.20. The molecule has 0 aliphatic carbocycles. The van der Waals surface area contributed by atoms with Crippen molar-refractivity contribution in [2.24, 2.45) is 7.05 Å². The van der Waals surface area contributed by atoms with Crippen LogP contribution in [-0.4, -0.2) is 73.9 Å². The minimum atomic E-state index is -0.680. The number of amides is 2. The Morgan fingerprint density at radius 2 is 1.71 bits per heavy atom. The molecule has 13 heteroatoms. The Bertz CT molecular complexity index is 2150. The van der Waals surface area contributed by atoms with Crippen LogP contribution >= 0.6 is 0 Å². The van der Waals surface area contributed by atoms with E-state index in [1.807, 2.05) is 48.5 Å². The molecule has 3 aromatic carbocycles. The number of anilines is 2. The first-order chi connectivity index (χ1) is 25.2. The molecule has 4 N–H and O–H groups in total. The smallest absolute Gasteiger partial charge is 0.329 e. The second-order valence-corrected chi connectivity index (χ2v) is 13.6. The molecule has 5 aromatic rings. The van der Waals surface area contributed by atoms with Crippen LogP contribution < -0.4 is 26.4 Å². The number of ether oxygens (including phenoxy) is 1. The van der Waals surface area contributed by atoms with Crippen molar-refractivity contribution in [2.75, 3.05) is 43.4 Å². The van der Waals surface area contributed by atoms with E-state index in [0.29, 0.717) is 35.6 Å². The topological polar surface area (TPSA) is 161 Å². The van der Waals surface area contributed by atoms with Crippen molar-refractivity contribution in [1.29, 1.82) is 0 Å². The molecule has 2 fully saturated rings. The van der Waals surface area contributed by atoms with Crippen LogP contribution in [0.1, 0.15) is 49.3 Å². The number of nitrogens with zero attached hydrogens (tertiary/aromatic N) is 6. The second kappa shape index (κ2) is 15.3. The Hall–Kier alpha value is -5.69. The number of hydrogen-bond donors (Lipinski definition) is 3. The molecule has 13 nitrogen and oxygen atoms in total. The van der Waals surface area contributed by atoms with Crippen LogP contribution in [0.4, 0.5) is 11.5 Å². The van der Waals surface area contributed by atoms with Gasteiger partial charge in [-0.1, -0.05) is 30.3 Å². The van der Waals surface area contributed by atoms with E-state index in [2.05, 4.69) is 37.4 Å². The number of imide groups is 1. The predicted molar refractivity (Wildman–Crippen MR) is 199 cm³/mol. The molecule has 7 rings (SSSR count). The van der Waals surface area contributed by atoms with Crippen LogP contribution in [0.2, 0.25) is 0 Å². The van der Waals surface area contributed by atoms with Crippen molar-refractivity contribution in [1.82, 2.24) is 29.5 Å². The number of unbranched alkanes of at least 4 members (excludes halogenated alkanes) is 2. The monoisotopic (exact) mass is 704 g/mol. The summed E-state index contributed by atoms with van der Waals surface area (Å²) in [5.74, 6) is 0.687. The van der Waals surface area contributed by atoms with Gasteiger partial charge in [0.05, 0.1) is 29.0 Å². The van der Waals surface area contributed by atoms with E-state index in [1.54, 1.807) is 23.7 Å². The van der Waals surface area contributed by atoms with E-state index in [-0.39, 0.29) is 23.8 Å². The first kappa shape index (κ1) is 34.7. The lowest BCUT2D eigenvalue weighted by Gasteiger charge is -2.36. The van der Waals surface area contributed by atoms with Gasteiger partial charge >= 0.3 is 5.69 Å². The molecular formula is C39H44N8O5. The average molecular weight is 705 g/mol. The normalized spacial score (nSPS) is 16.7. The highest BCUT2D eigenvalue weighted by Crippen LogP contribution is 2.32. The number of carbonyl (C=O) groups is 2. The zero-order valence-electron chi connectivity index (χ0n) is 29.3. The van der Waals surface area contributed by atoms with E-state index >= 15 is 0 Å². The van der Waals surface area contributed by atoms with Crippen LogP contribution in [0, 0.1) is 0 Å². The predicted octanol–water partition coefficient (Wildman–Crippen LogP) is 4.18. The average Bonchev–Trinajstić information content (AvgIpc) is 3.39. The number of hydrogen-bond acceptors (Lipinski definition) is 10. The number of carbonyl (C=O) groups excluding carboxylic acids is 2. The molecule has 1 atom stereocenters. The number of phenolic OH excluding ortho intramolecular Hbond substituents is 1. The number of imidazole rings is 1. The van der Waals surface area contributed by atoms with Crippen LogP contribution in [-0.2, 0) is 29.6 Å². The van der Waals surface area contributed by atoms with E-state index in [4.69, 9.17) is 10.5 Å². The number of benzene rings is 3. The summed E-state index contributed by atoms with van der Waals surface area (Å²) in [6, 6.07) is 22.6. The number of fused-ring (bicyclic) bond motifs is 1. The van der Waals surface area contributed by atoms with Gasteiger partial charge in [0.15, 0.2) is 5.82 Å². The number of para-hydroxylation sites is 1. The first-order valence-electron chi connectivity index (χ1n) is 17.9. The summed E-state index contributed by atoms with van der Waals surface area (Å²) in [4.78, 5) is 41.8. The Balaban J connectivity index is 0.859. The fourth-order valence-electron chi connectivity index (χ4n) is 7.20. The minimum absolute atomic E-state index is 0.159. The maximum Gasteiger partial charge on any atom is 0.329 e. The number of aromatic nitrogens is 4. The Kier molecular flexibility index (Phi) is 10.2. The maximum absolute atomic E-state index is 13.1. The fraction of sp³-hybridized carbons (Fsp3) is 0.359. The standard InChI is InChI=1S/C39H44N8O5/c1-44-33-23-26(13-14-31(33)47(39(44)51)32-15-16-36(49)41-38(32)50)8-3-2-6-21-52-28-10-7-9-27(22-28)25-45-17-19-46(20-18-45)34-24-30(42-43-37(34)40)29-11-4-5-12-35(29)48/h4-5,7,9-14,22-24,32,48H,2-3,6,8,15-21,25H2,1H3,(H2,40,43)(H,41,49,50). The number of piperidine rings is 1. The van der Waals surface area contributed by atoms with Crippen LogP contribution in [0.15, 0.2) is 77.6 Å². The SMILES string of the molecule is Cn1c(=O)n(C2CCC(=O)NC2=O)c2ccc(CCCCCOc3cccc(CN4CCN(c5cc(-c6ccccc6O)nnc5N)CC4)c3)cc21. The highest BCUT2D eigenvalue weighted by molar-refractivity contribution is 6.00. The summed E-state index contributed by atoms with van der Waals surface area (Å²) >= 11 is 0. The van der Waals surface area contributed by atoms with Gasteiger partial charge in [-0.15, -0.1) is 10.2 Å². The number of phenols is 1. The molecule has 2 aromatic heterocycles.